The molecule has 30 heavy (non-hydrogen) atoms. The van der Waals surface area contributed by atoms with Crippen molar-refractivity contribution in [2.75, 3.05) is 26.2 Å². The minimum absolute atomic E-state index is 0.460. The molecular formula is C27H38N2O. The quantitative estimate of drug-likeness (QED) is 0.547. The van der Waals surface area contributed by atoms with Crippen LogP contribution in [0.1, 0.15) is 56.1 Å². The predicted molar refractivity (Wildman–Crippen MR) is 124 cm³/mol. The van der Waals surface area contributed by atoms with E-state index in [0.29, 0.717) is 12.1 Å². The standard InChI is InChI=1S/C27H38N2O/c1-4-10-24(11-5-1)22-29(23-25-12-6-2-7-13-25)26-14-16-27(17-15-26)30-21-20-28-18-8-3-9-19-28/h1-2,4-7,10-13,26-27H,3,8-9,14-23H2. The summed E-state index contributed by atoms with van der Waals surface area (Å²) in [6.45, 7) is 6.62. The third-order valence-electron chi connectivity index (χ3n) is 6.83. The molecule has 3 heteroatoms. The molecule has 4 rings (SSSR count). The van der Waals surface area contributed by atoms with Crippen LogP contribution in [0.4, 0.5) is 0 Å². The molecule has 162 valence electrons. The monoisotopic (exact) mass is 406 g/mol. The first-order valence-corrected chi connectivity index (χ1v) is 12.0. The number of likely N-dealkylation sites (tertiary alicyclic amines) is 1. The van der Waals surface area contributed by atoms with Crippen LogP contribution in [0.2, 0.25) is 0 Å². The van der Waals surface area contributed by atoms with Gasteiger partial charge in [0.1, 0.15) is 0 Å². The van der Waals surface area contributed by atoms with Crippen LogP contribution in [0.25, 0.3) is 0 Å². The Balaban J connectivity index is 1.27. The second-order valence-electron chi connectivity index (χ2n) is 9.08. The fourth-order valence-electron chi connectivity index (χ4n) is 5.06. The topological polar surface area (TPSA) is 15.7 Å². The number of rotatable bonds is 9. The van der Waals surface area contributed by atoms with E-state index in [1.165, 1.54) is 69.2 Å². The summed E-state index contributed by atoms with van der Waals surface area (Å²) in [4.78, 5) is 5.27. The number of hydrogen-bond acceptors (Lipinski definition) is 3. The van der Waals surface area contributed by atoms with Crippen molar-refractivity contribution in [2.45, 2.75) is 70.2 Å². The summed E-state index contributed by atoms with van der Waals surface area (Å²) in [6.07, 6.45) is 9.48. The van der Waals surface area contributed by atoms with Crippen LogP contribution in [0.15, 0.2) is 60.7 Å². The molecule has 0 N–H and O–H groups in total. The Morgan fingerprint density at radius 1 is 0.733 bits per heavy atom. The molecule has 3 nitrogen and oxygen atoms in total. The first-order chi connectivity index (χ1) is 14.9. The molecule has 0 radical (unpaired) electrons. The maximum Gasteiger partial charge on any atom is 0.0597 e. The molecule has 0 amide bonds. The van der Waals surface area contributed by atoms with E-state index in [0.717, 1.165) is 26.2 Å². The van der Waals surface area contributed by atoms with Gasteiger partial charge in [-0.25, -0.2) is 0 Å². The van der Waals surface area contributed by atoms with Gasteiger partial charge < -0.3 is 9.64 Å². The van der Waals surface area contributed by atoms with Crippen LogP contribution in [-0.2, 0) is 17.8 Å². The van der Waals surface area contributed by atoms with Crippen molar-refractivity contribution in [1.29, 1.82) is 0 Å². The van der Waals surface area contributed by atoms with Gasteiger partial charge in [0.05, 0.1) is 12.7 Å². The van der Waals surface area contributed by atoms with Gasteiger partial charge in [0, 0.05) is 25.7 Å². The van der Waals surface area contributed by atoms with E-state index in [2.05, 4.69) is 70.5 Å². The van der Waals surface area contributed by atoms with Crippen LogP contribution in [0, 0.1) is 0 Å². The van der Waals surface area contributed by atoms with Gasteiger partial charge in [-0.15, -0.1) is 0 Å². The molecule has 2 fully saturated rings. The van der Waals surface area contributed by atoms with Crippen LogP contribution in [0.3, 0.4) is 0 Å². The fraction of sp³-hybridized carbons (Fsp3) is 0.556. The first kappa shape index (κ1) is 21.5. The molecule has 0 atom stereocenters. The Kier molecular flexibility index (Phi) is 8.36. The largest absolute Gasteiger partial charge is 0.377 e. The molecule has 2 aromatic rings. The van der Waals surface area contributed by atoms with Gasteiger partial charge in [-0.3, -0.25) is 4.90 Å². The van der Waals surface area contributed by atoms with E-state index >= 15 is 0 Å². The highest BCUT2D eigenvalue weighted by Gasteiger charge is 2.26. The molecule has 0 aromatic heterocycles. The fourth-order valence-corrected chi connectivity index (χ4v) is 5.06. The summed E-state index contributed by atoms with van der Waals surface area (Å²) in [5.41, 5.74) is 2.82. The van der Waals surface area contributed by atoms with Crippen molar-refractivity contribution in [3.63, 3.8) is 0 Å². The first-order valence-electron chi connectivity index (χ1n) is 12.0. The molecule has 1 aliphatic carbocycles. The van der Waals surface area contributed by atoms with Gasteiger partial charge in [-0.1, -0.05) is 67.1 Å². The van der Waals surface area contributed by atoms with Crippen LogP contribution >= 0.6 is 0 Å². The van der Waals surface area contributed by atoms with Gasteiger partial charge in [0.15, 0.2) is 0 Å². The second kappa shape index (κ2) is 11.6. The zero-order valence-electron chi connectivity index (χ0n) is 18.4. The molecule has 0 spiro atoms. The third-order valence-corrected chi connectivity index (χ3v) is 6.83. The molecule has 2 aliphatic rings. The van der Waals surface area contributed by atoms with E-state index < -0.39 is 0 Å². The molecule has 1 heterocycles. The Labute approximate surface area is 183 Å². The third kappa shape index (κ3) is 6.66. The van der Waals surface area contributed by atoms with Gasteiger partial charge in [-0.2, -0.15) is 0 Å². The summed E-state index contributed by atoms with van der Waals surface area (Å²) < 4.78 is 6.29. The lowest BCUT2D eigenvalue weighted by molar-refractivity contribution is -0.00543. The van der Waals surface area contributed by atoms with E-state index in [-0.39, 0.29) is 0 Å². The van der Waals surface area contributed by atoms with E-state index in [1.54, 1.807) is 0 Å². The summed E-state index contributed by atoms with van der Waals surface area (Å²) in [5.74, 6) is 0. The van der Waals surface area contributed by atoms with Crippen molar-refractivity contribution in [1.82, 2.24) is 9.80 Å². The lowest BCUT2D eigenvalue weighted by Crippen LogP contribution is -2.39. The number of hydrogen-bond donors (Lipinski definition) is 0. The van der Waals surface area contributed by atoms with E-state index in [1.807, 2.05) is 0 Å². The second-order valence-corrected chi connectivity index (χ2v) is 9.08. The van der Waals surface area contributed by atoms with Crippen molar-refractivity contribution in [3.05, 3.63) is 71.8 Å². The predicted octanol–water partition coefficient (Wildman–Crippen LogP) is 5.50. The Morgan fingerprint density at radius 3 is 1.87 bits per heavy atom. The van der Waals surface area contributed by atoms with Crippen LogP contribution < -0.4 is 0 Å². The summed E-state index contributed by atoms with van der Waals surface area (Å²) >= 11 is 0. The Bertz CT molecular complexity index is 665. The zero-order valence-corrected chi connectivity index (χ0v) is 18.4. The summed E-state index contributed by atoms with van der Waals surface area (Å²) in [7, 11) is 0. The van der Waals surface area contributed by atoms with Crippen LogP contribution in [-0.4, -0.2) is 48.2 Å². The summed E-state index contributed by atoms with van der Waals surface area (Å²) in [6, 6.07) is 22.5. The Hall–Kier alpha value is -1.68. The molecule has 0 unspecified atom stereocenters. The lowest BCUT2D eigenvalue weighted by atomic mass is 9.91. The molecule has 1 saturated heterocycles. The highest BCUT2D eigenvalue weighted by molar-refractivity contribution is 5.17. The van der Waals surface area contributed by atoms with Crippen molar-refractivity contribution in [2.24, 2.45) is 0 Å². The minimum atomic E-state index is 0.460. The summed E-state index contributed by atoms with van der Waals surface area (Å²) in [5, 5.41) is 0. The van der Waals surface area contributed by atoms with E-state index in [4.69, 9.17) is 4.74 Å². The van der Waals surface area contributed by atoms with Gasteiger partial charge >= 0.3 is 0 Å². The van der Waals surface area contributed by atoms with E-state index in [9.17, 15) is 0 Å². The molecule has 2 aromatic carbocycles. The van der Waals surface area contributed by atoms with Crippen molar-refractivity contribution < 1.29 is 4.74 Å². The lowest BCUT2D eigenvalue weighted by Gasteiger charge is -2.37. The maximum atomic E-state index is 6.29. The highest BCUT2D eigenvalue weighted by atomic mass is 16.5. The molecular weight excluding hydrogens is 368 g/mol. The highest BCUT2D eigenvalue weighted by Crippen LogP contribution is 2.28. The molecule has 1 saturated carbocycles. The van der Waals surface area contributed by atoms with Gasteiger partial charge in [0.2, 0.25) is 0 Å². The average Bonchev–Trinajstić information content (AvgIpc) is 2.81. The SMILES string of the molecule is c1ccc(CN(Cc2ccccc2)C2CCC(OCCN3CCCCC3)CC2)cc1. The van der Waals surface area contributed by atoms with Gasteiger partial charge in [-0.05, 0) is 62.7 Å². The smallest absolute Gasteiger partial charge is 0.0597 e. The minimum Gasteiger partial charge on any atom is -0.377 e. The normalized spacial score (nSPS) is 23.0. The van der Waals surface area contributed by atoms with Gasteiger partial charge in [0.25, 0.3) is 0 Å². The number of nitrogens with zero attached hydrogens (tertiary/aromatic N) is 2. The number of benzene rings is 2. The number of ether oxygens (including phenoxy) is 1. The van der Waals surface area contributed by atoms with Crippen LogP contribution in [0.5, 0.6) is 0 Å². The molecule has 1 aliphatic heterocycles. The maximum absolute atomic E-state index is 6.29. The average molecular weight is 407 g/mol. The Morgan fingerprint density at radius 2 is 1.30 bits per heavy atom. The zero-order chi connectivity index (χ0) is 20.4. The van der Waals surface area contributed by atoms with Crippen molar-refractivity contribution in [3.8, 4) is 0 Å². The number of piperidine rings is 1. The van der Waals surface area contributed by atoms with Crippen molar-refractivity contribution >= 4 is 0 Å². The molecule has 0 bridgehead atoms.